The zero-order chi connectivity index (χ0) is 8.81. The van der Waals surface area contributed by atoms with Crippen molar-refractivity contribution < 1.29 is 4.79 Å². The van der Waals surface area contributed by atoms with Crippen LogP contribution in [-0.2, 0) is 4.79 Å². The maximum Gasteiger partial charge on any atom is 0.207 e. The highest BCUT2D eigenvalue weighted by atomic mass is 16.1. The van der Waals surface area contributed by atoms with Gasteiger partial charge < -0.3 is 5.32 Å². The molecule has 0 aliphatic heterocycles. The molecule has 1 rings (SSSR count). The summed E-state index contributed by atoms with van der Waals surface area (Å²) in [4.78, 5) is 10.2. The van der Waals surface area contributed by atoms with Crippen LogP contribution in [0, 0.1) is 5.92 Å². The van der Waals surface area contributed by atoms with Gasteiger partial charge >= 0.3 is 0 Å². The summed E-state index contributed by atoms with van der Waals surface area (Å²) in [5.74, 6) is 0.882. The lowest BCUT2D eigenvalue weighted by Crippen LogP contribution is -2.27. The average Bonchev–Trinajstić information content (AvgIpc) is 2.84. The number of rotatable bonds is 7. The quantitative estimate of drug-likeness (QED) is 0.455. The van der Waals surface area contributed by atoms with Crippen molar-refractivity contribution in [2.45, 2.75) is 38.1 Å². The highest BCUT2D eigenvalue weighted by Crippen LogP contribution is 2.34. The van der Waals surface area contributed by atoms with Gasteiger partial charge in [0.05, 0.1) is 0 Å². The molecule has 1 atom stereocenters. The van der Waals surface area contributed by atoms with Crippen molar-refractivity contribution in [3.8, 4) is 0 Å². The minimum absolute atomic E-state index is 0.382. The van der Waals surface area contributed by atoms with Crippen LogP contribution < -0.4 is 5.32 Å². The van der Waals surface area contributed by atoms with Crippen molar-refractivity contribution in [1.82, 2.24) is 5.32 Å². The van der Waals surface area contributed by atoms with Crippen LogP contribution in [0.3, 0.4) is 0 Å². The van der Waals surface area contributed by atoms with E-state index in [-0.39, 0.29) is 0 Å². The second-order valence-electron chi connectivity index (χ2n) is 3.53. The van der Waals surface area contributed by atoms with Crippen LogP contribution in [0.1, 0.15) is 32.1 Å². The molecule has 0 saturated heterocycles. The molecule has 12 heavy (non-hydrogen) atoms. The summed E-state index contributed by atoms with van der Waals surface area (Å²) in [6.07, 6.45) is 8.63. The molecule has 0 heterocycles. The van der Waals surface area contributed by atoms with Gasteiger partial charge in [-0.15, -0.1) is 6.58 Å². The summed E-state index contributed by atoms with van der Waals surface area (Å²) < 4.78 is 0. The van der Waals surface area contributed by atoms with E-state index in [0.717, 1.165) is 31.6 Å². The van der Waals surface area contributed by atoms with Gasteiger partial charge in [0.2, 0.25) is 6.41 Å². The molecule has 1 saturated carbocycles. The molecule has 0 bridgehead atoms. The summed E-state index contributed by atoms with van der Waals surface area (Å²) in [5, 5.41) is 2.86. The summed E-state index contributed by atoms with van der Waals surface area (Å²) in [5.41, 5.74) is 0. The van der Waals surface area contributed by atoms with Crippen molar-refractivity contribution in [1.29, 1.82) is 0 Å². The predicted molar refractivity (Wildman–Crippen MR) is 49.8 cm³/mol. The monoisotopic (exact) mass is 167 g/mol. The Hall–Kier alpha value is -0.790. The molecule has 1 fully saturated rings. The average molecular weight is 167 g/mol. The number of allylic oxidation sites excluding steroid dienone is 1. The maximum atomic E-state index is 10.2. The molecule has 0 aromatic rings. The largest absolute Gasteiger partial charge is 0.356 e. The lowest BCUT2D eigenvalue weighted by atomic mass is 10.1. The third-order valence-corrected chi connectivity index (χ3v) is 2.34. The first-order valence-electron chi connectivity index (χ1n) is 4.67. The van der Waals surface area contributed by atoms with Gasteiger partial charge in [0.15, 0.2) is 0 Å². The standard InChI is InChI=1S/C10H17NO/c1-2-3-4-10(11-8-12)7-9-5-6-9/h2,8-10H,1,3-7H2,(H,11,12). The van der Waals surface area contributed by atoms with Crippen LogP contribution >= 0.6 is 0 Å². The number of carbonyl (C=O) groups is 1. The van der Waals surface area contributed by atoms with E-state index in [1.54, 1.807) is 0 Å². The third kappa shape index (κ3) is 3.56. The Bertz CT molecular complexity index is 152. The van der Waals surface area contributed by atoms with Gasteiger partial charge in [-0.25, -0.2) is 0 Å². The minimum atomic E-state index is 0.382. The molecule has 0 aromatic carbocycles. The maximum absolute atomic E-state index is 10.2. The van der Waals surface area contributed by atoms with Crippen LogP contribution in [0.5, 0.6) is 0 Å². The second-order valence-corrected chi connectivity index (χ2v) is 3.53. The number of hydrogen-bond acceptors (Lipinski definition) is 1. The number of amides is 1. The fourth-order valence-corrected chi connectivity index (χ4v) is 1.44. The number of carbonyl (C=O) groups excluding carboxylic acids is 1. The Balaban J connectivity index is 2.15. The molecule has 1 N–H and O–H groups in total. The van der Waals surface area contributed by atoms with E-state index < -0.39 is 0 Å². The molecule has 68 valence electrons. The van der Waals surface area contributed by atoms with Gasteiger partial charge in [0.1, 0.15) is 0 Å². The molecule has 1 amide bonds. The van der Waals surface area contributed by atoms with Gasteiger partial charge in [-0.1, -0.05) is 18.9 Å². The van der Waals surface area contributed by atoms with E-state index in [9.17, 15) is 4.79 Å². The van der Waals surface area contributed by atoms with E-state index in [1.165, 1.54) is 12.8 Å². The topological polar surface area (TPSA) is 29.1 Å². The first-order valence-corrected chi connectivity index (χ1v) is 4.67. The smallest absolute Gasteiger partial charge is 0.207 e. The molecule has 1 aliphatic rings. The Kier molecular flexibility index (Phi) is 3.85. The number of hydrogen-bond donors (Lipinski definition) is 1. The molecule has 2 heteroatoms. The van der Waals surface area contributed by atoms with Gasteiger partial charge in [-0.3, -0.25) is 4.79 Å². The zero-order valence-corrected chi connectivity index (χ0v) is 7.46. The van der Waals surface area contributed by atoms with Crippen molar-refractivity contribution >= 4 is 6.41 Å². The fraction of sp³-hybridized carbons (Fsp3) is 0.700. The van der Waals surface area contributed by atoms with Crippen molar-refractivity contribution in [2.75, 3.05) is 0 Å². The first-order chi connectivity index (χ1) is 5.86. The minimum Gasteiger partial charge on any atom is -0.356 e. The van der Waals surface area contributed by atoms with Crippen molar-refractivity contribution in [3.05, 3.63) is 12.7 Å². The molecule has 0 spiro atoms. The lowest BCUT2D eigenvalue weighted by molar-refractivity contribution is -0.110. The summed E-state index contributed by atoms with van der Waals surface area (Å²) in [7, 11) is 0. The van der Waals surface area contributed by atoms with Crippen molar-refractivity contribution in [2.24, 2.45) is 5.92 Å². The SMILES string of the molecule is C=CCCC(CC1CC1)NC=O. The molecule has 1 unspecified atom stereocenters. The normalized spacial score (nSPS) is 18.3. The van der Waals surface area contributed by atoms with Gasteiger partial charge in [-0.05, 0) is 25.2 Å². The van der Waals surface area contributed by atoms with Crippen molar-refractivity contribution in [3.63, 3.8) is 0 Å². The Labute approximate surface area is 74.0 Å². The molecular formula is C10H17NO. The Morgan fingerprint density at radius 3 is 2.83 bits per heavy atom. The molecule has 0 aromatic heterocycles. The third-order valence-electron chi connectivity index (χ3n) is 2.34. The molecule has 2 nitrogen and oxygen atoms in total. The first kappa shape index (κ1) is 9.30. The van der Waals surface area contributed by atoms with Crippen LogP contribution in [-0.4, -0.2) is 12.5 Å². The summed E-state index contributed by atoms with van der Waals surface area (Å²) in [6.45, 7) is 3.67. The highest BCUT2D eigenvalue weighted by molar-refractivity contribution is 5.46. The van der Waals surface area contributed by atoms with E-state index >= 15 is 0 Å². The van der Waals surface area contributed by atoms with E-state index in [2.05, 4.69) is 11.9 Å². The van der Waals surface area contributed by atoms with Crippen LogP contribution in [0.25, 0.3) is 0 Å². The lowest BCUT2D eigenvalue weighted by Gasteiger charge is -2.13. The Morgan fingerprint density at radius 2 is 2.33 bits per heavy atom. The highest BCUT2D eigenvalue weighted by Gasteiger charge is 2.24. The van der Waals surface area contributed by atoms with E-state index in [4.69, 9.17) is 0 Å². The van der Waals surface area contributed by atoms with Crippen LogP contribution in [0.4, 0.5) is 0 Å². The molecule has 0 radical (unpaired) electrons. The summed E-state index contributed by atoms with van der Waals surface area (Å²) >= 11 is 0. The predicted octanol–water partition coefficient (Wildman–Crippen LogP) is 1.87. The van der Waals surface area contributed by atoms with E-state index in [1.807, 2.05) is 6.08 Å². The second kappa shape index (κ2) is 4.96. The fourth-order valence-electron chi connectivity index (χ4n) is 1.44. The van der Waals surface area contributed by atoms with Crippen LogP contribution in [0.2, 0.25) is 0 Å². The van der Waals surface area contributed by atoms with Crippen LogP contribution in [0.15, 0.2) is 12.7 Å². The van der Waals surface area contributed by atoms with Gasteiger partial charge in [0, 0.05) is 6.04 Å². The Morgan fingerprint density at radius 1 is 1.58 bits per heavy atom. The number of nitrogens with one attached hydrogen (secondary N) is 1. The van der Waals surface area contributed by atoms with E-state index in [0.29, 0.717) is 6.04 Å². The summed E-state index contributed by atoms with van der Waals surface area (Å²) in [6, 6.07) is 0.382. The van der Waals surface area contributed by atoms with Gasteiger partial charge in [-0.2, -0.15) is 0 Å². The zero-order valence-electron chi connectivity index (χ0n) is 7.46. The molecular weight excluding hydrogens is 150 g/mol. The van der Waals surface area contributed by atoms with Gasteiger partial charge in [0.25, 0.3) is 0 Å². The molecule has 1 aliphatic carbocycles.